The summed E-state index contributed by atoms with van der Waals surface area (Å²) in [5.41, 5.74) is 0.777. The summed E-state index contributed by atoms with van der Waals surface area (Å²) in [5.74, 6) is 6.23. The van der Waals surface area contributed by atoms with Crippen LogP contribution in [0.15, 0.2) is 0 Å². The molecule has 6 rings (SSSR count). The fourth-order valence-electron chi connectivity index (χ4n) is 8.91. The van der Waals surface area contributed by atoms with Gasteiger partial charge in [0.05, 0.1) is 12.2 Å². The van der Waals surface area contributed by atoms with Crippen molar-refractivity contribution in [3.05, 3.63) is 0 Å². The average Bonchev–Trinajstić information content (AvgIpc) is 3.53. The molecule has 1 saturated heterocycles. The Kier molecular flexibility index (Phi) is 4.22. The lowest BCUT2D eigenvalue weighted by Gasteiger charge is -2.38. The van der Waals surface area contributed by atoms with Crippen LogP contribution in [0.3, 0.4) is 0 Å². The average molecular weight is 419 g/mol. The summed E-state index contributed by atoms with van der Waals surface area (Å²) in [6, 6.07) is 2.81. The fraction of sp³-hybridized carbons (Fsp3) is 1.00. The van der Waals surface area contributed by atoms with Gasteiger partial charge in [-0.3, -0.25) is 0 Å². The third-order valence-electron chi connectivity index (χ3n) is 10.2. The highest BCUT2D eigenvalue weighted by atomic mass is 28.4. The molecule has 0 aromatic heterocycles. The van der Waals surface area contributed by atoms with Crippen molar-refractivity contribution in [3.8, 4) is 0 Å². The van der Waals surface area contributed by atoms with Crippen molar-refractivity contribution in [2.75, 3.05) is 0 Å². The molecule has 1 heterocycles. The molecular weight excluding hydrogens is 376 g/mol. The summed E-state index contributed by atoms with van der Waals surface area (Å²) in [5, 5.41) is 0. The van der Waals surface area contributed by atoms with Gasteiger partial charge in [-0.15, -0.1) is 0 Å². The summed E-state index contributed by atoms with van der Waals surface area (Å²) in [4.78, 5) is 0. The maximum atomic E-state index is 7.08. The minimum Gasteiger partial charge on any atom is -0.455 e. The minimum absolute atomic E-state index is 0.680. The van der Waals surface area contributed by atoms with Gasteiger partial charge in [0.15, 0.2) is 16.6 Å². The van der Waals surface area contributed by atoms with E-state index in [1.54, 1.807) is 25.7 Å². The molecule has 1 aliphatic heterocycles. The van der Waals surface area contributed by atoms with Crippen LogP contribution >= 0.6 is 0 Å². The van der Waals surface area contributed by atoms with Crippen molar-refractivity contribution in [2.45, 2.75) is 108 Å². The van der Waals surface area contributed by atoms with Gasteiger partial charge in [0.1, 0.15) is 0 Å². The van der Waals surface area contributed by atoms with E-state index in [-0.39, 0.29) is 0 Å². The first-order valence-electron chi connectivity index (χ1n) is 12.6. The zero-order valence-corrected chi connectivity index (χ0v) is 20.7. The topological polar surface area (TPSA) is 21.8 Å². The smallest absolute Gasteiger partial charge is 0.173 e. The SMILES string of the molecule is C[Si](C)(CCC1CC2CC(C1)C1OC21)O[Si](C)(C)CCC12CCC(C1)C1CC12. The second-order valence-corrected chi connectivity index (χ2v) is 22.0. The van der Waals surface area contributed by atoms with E-state index >= 15 is 0 Å². The second kappa shape index (κ2) is 6.20. The number of ether oxygens (including phenoxy) is 1. The largest absolute Gasteiger partial charge is 0.455 e. The van der Waals surface area contributed by atoms with Crippen molar-refractivity contribution in [3.63, 3.8) is 0 Å². The molecule has 0 spiro atoms. The molecule has 4 heteroatoms. The molecule has 0 aromatic carbocycles. The monoisotopic (exact) mass is 418 g/mol. The predicted octanol–water partition coefficient (Wildman–Crippen LogP) is 6.44. The molecule has 6 aliphatic rings. The molecule has 6 fully saturated rings. The van der Waals surface area contributed by atoms with E-state index in [0.29, 0.717) is 12.2 Å². The second-order valence-electron chi connectivity index (χ2n) is 13.2. The molecule has 4 bridgehead atoms. The van der Waals surface area contributed by atoms with E-state index < -0.39 is 16.6 Å². The van der Waals surface area contributed by atoms with Crippen molar-refractivity contribution < 1.29 is 8.85 Å². The Labute approximate surface area is 174 Å². The Bertz CT molecular complexity index is 633. The quantitative estimate of drug-likeness (QED) is 0.334. The van der Waals surface area contributed by atoms with Gasteiger partial charge in [-0.2, -0.15) is 0 Å². The minimum atomic E-state index is -1.53. The van der Waals surface area contributed by atoms with E-state index in [1.807, 2.05) is 0 Å². The summed E-state index contributed by atoms with van der Waals surface area (Å²) >= 11 is 0. The summed E-state index contributed by atoms with van der Waals surface area (Å²) in [6.45, 7) is 10.1. The first kappa shape index (κ1) is 19.1. The van der Waals surface area contributed by atoms with Gasteiger partial charge >= 0.3 is 0 Å². The molecule has 0 radical (unpaired) electrons. The Morgan fingerprint density at radius 1 is 0.893 bits per heavy atom. The van der Waals surface area contributed by atoms with E-state index in [2.05, 4.69) is 26.2 Å². The lowest BCUT2D eigenvalue weighted by atomic mass is 9.79. The van der Waals surface area contributed by atoms with E-state index in [4.69, 9.17) is 8.85 Å². The van der Waals surface area contributed by atoms with Gasteiger partial charge < -0.3 is 8.85 Å². The molecule has 158 valence electrons. The Morgan fingerprint density at radius 2 is 1.61 bits per heavy atom. The Hall–Kier alpha value is 0.354. The van der Waals surface area contributed by atoms with Gasteiger partial charge in [0, 0.05) is 0 Å². The van der Waals surface area contributed by atoms with Crippen LogP contribution in [0.1, 0.15) is 57.8 Å². The highest BCUT2D eigenvalue weighted by Crippen LogP contribution is 2.73. The molecule has 0 aromatic rings. The molecule has 8 unspecified atom stereocenters. The summed E-state index contributed by atoms with van der Waals surface area (Å²) in [7, 11) is -3.05. The maximum Gasteiger partial charge on any atom is 0.173 e. The summed E-state index contributed by atoms with van der Waals surface area (Å²) < 4.78 is 12.9. The molecule has 28 heavy (non-hydrogen) atoms. The van der Waals surface area contributed by atoms with Crippen LogP contribution in [0.4, 0.5) is 0 Å². The number of hydrogen-bond acceptors (Lipinski definition) is 2. The molecule has 8 atom stereocenters. The van der Waals surface area contributed by atoms with Gasteiger partial charge in [-0.25, -0.2) is 0 Å². The van der Waals surface area contributed by atoms with Crippen molar-refractivity contribution >= 4 is 16.6 Å². The number of epoxide rings is 1. The highest BCUT2D eigenvalue weighted by molar-refractivity contribution is 6.84. The Balaban J connectivity index is 0.997. The normalized spacial score (nSPS) is 50.6. The first-order chi connectivity index (χ1) is 13.2. The standard InChI is InChI=1S/C24H42O2Si2/c1-27(2,9-6-16-11-18-13-19(12-16)23-22(18)25-23)26-28(3,4)10-8-24-7-5-17(15-24)20-14-21(20)24/h16-23H,5-15H2,1-4H3. The van der Waals surface area contributed by atoms with Crippen molar-refractivity contribution in [1.29, 1.82) is 0 Å². The van der Waals surface area contributed by atoms with Crippen LogP contribution in [-0.2, 0) is 8.85 Å². The zero-order chi connectivity index (χ0) is 19.3. The van der Waals surface area contributed by atoms with Crippen LogP contribution in [0, 0.1) is 40.9 Å². The Morgan fingerprint density at radius 3 is 2.29 bits per heavy atom. The van der Waals surface area contributed by atoms with Crippen LogP contribution in [0.5, 0.6) is 0 Å². The number of hydrogen-bond donors (Lipinski definition) is 0. The van der Waals surface area contributed by atoms with Gasteiger partial charge in [0.25, 0.3) is 0 Å². The van der Waals surface area contributed by atoms with Crippen LogP contribution < -0.4 is 0 Å². The van der Waals surface area contributed by atoms with E-state index in [1.165, 1.54) is 44.2 Å². The van der Waals surface area contributed by atoms with Crippen molar-refractivity contribution in [1.82, 2.24) is 0 Å². The molecule has 0 N–H and O–H groups in total. The zero-order valence-electron chi connectivity index (χ0n) is 18.7. The van der Waals surface area contributed by atoms with Gasteiger partial charge in [-0.05, 0) is 131 Å². The molecular formula is C24H42O2Si2. The van der Waals surface area contributed by atoms with Gasteiger partial charge in [-0.1, -0.05) is 6.42 Å². The molecule has 5 saturated carbocycles. The third kappa shape index (κ3) is 3.24. The van der Waals surface area contributed by atoms with Crippen LogP contribution in [-0.4, -0.2) is 28.8 Å². The van der Waals surface area contributed by atoms with Gasteiger partial charge in [0.2, 0.25) is 0 Å². The van der Waals surface area contributed by atoms with Crippen LogP contribution in [0.2, 0.25) is 38.3 Å². The molecule has 2 nitrogen and oxygen atoms in total. The van der Waals surface area contributed by atoms with Crippen LogP contribution in [0.25, 0.3) is 0 Å². The number of fused-ring (bicyclic) bond motifs is 10. The first-order valence-corrected chi connectivity index (χ1v) is 18.8. The predicted molar refractivity (Wildman–Crippen MR) is 119 cm³/mol. The lowest BCUT2D eigenvalue weighted by molar-refractivity contribution is 0.131. The number of rotatable bonds is 8. The highest BCUT2D eigenvalue weighted by Gasteiger charge is 2.65. The third-order valence-corrected chi connectivity index (χ3v) is 17.6. The summed E-state index contributed by atoms with van der Waals surface area (Å²) in [6.07, 6.45) is 15.0. The van der Waals surface area contributed by atoms with E-state index in [0.717, 1.165) is 40.9 Å². The van der Waals surface area contributed by atoms with E-state index in [9.17, 15) is 0 Å². The molecule has 0 amide bonds. The maximum absolute atomic E-state index is 7.08. The molecule has 5 aliphatic carbocycles. The fourth-order valence-corrected chi connectivity index (χ4v) is 17.9. The lowest BCUT2D eigenvalue weighted by Crippen LogP contribution is -2.45. The van der Waals surface area contributed by atoms with Crippen molar-refractivity contribution in [2.24, 2.45) is 40.9 Å².